The topological polar surface area (TPSA) is 111 Å². The van der Waals surface area contributed by atoms with E-state index in [1.807, 2.05) is 29.2 Å². The molecule has 15 heteroatoms. The van der Waals surface area contributed by atoms with E-state index in [9.17, 15) is 31.1 Å². The number of fused-ring (bicyclic) bond motifs is 2. The molecule has 3 heterocycles. The molecule has 1 saturated heterocycles. The Kier molecular flexibility index (Phi) is 10.2. The Hall–Kier alpha value is -3.55. The SMILES string of the molecule is CN1CC2(CCN(C(=O)Cc3ccccn3)CC2)c2cc(Cl)ccc21.O=C(O)C(F)(F)F.O=C(O)C(F)(F)F. The number of aromatic nitrogens is 1. The molecule has 1 aromatic heterocycles. The van der Waals surface area contributed by atoms with Crippen molar-refractivity contribution in [2.24, 2.45) is 0 Å². The van der Waals surface area contributed by atoms with Gasteiger partial charge in [0, 0.05) is 54.7 Å². The van der Waals surface area contributed by atoms with Crippen molar-refractivity contribution in [1.82, 2.24) is 9.88 Å². The number of nitrogens with zero attached hydrogens (tertiary/aromatic N) is 3. The third-order valence-corrected chi connectivity index (χ3v) is 6.33. The fourth-order valence-electron chi connectivity index (χ4n) is 4.27. The minimum absolute atomic E-state index is 0.122. The van der Waals surface area contributed by atoms with Crippen molar-refractivity contribution in [1.29, 1.82) is 0 Å². The number of carboxylic acids is 2. The van der Waals surface area contributed by atoms with Crippen LogP contribution in [0.25, 0.3) is 0 Å². The van der Waals surface area contributed by atoms with E-state index in [1.165, 1.54) is 11.3 Å². The lowest BCUT2D eigenvalue weighted by Crippen LogP contribution is -2.47. The van der Waals surface area contributed by atoms with Gasteiger partial charge in [-0.15, -0.1) is 0 Å². The summed E-state index contributed by atoms with van der Waals surface area (Å²) in [5, 5.41) is 15.0. The van der Waals surface area contributed by atoms with Gasteiger partial charge in [0.2, 0.25) is 5.91 Å². The molecule has 0 unspecified atom stereocenters. The van der Waals surface area contributed by atoms with Crippen LogP contribution in [0.15, 0.2) is 42.6 Å². The van der Waals surface area contributed by atoms with E-state index < -0.39 is 24.3 Å². The zero-order valence-electron chi connectivity index (χ0n) is 20.4. The first-order chi connectivity index (χ1) is 18.0. The van der Waals surface area contributed by atoms with Crippen molar-refractivity contribution in [3.8, 4) is 0 Å². The number of carbonyl (C=O) groups is 3. The number of hydrogen-bond donors (Lipinski definition) is 2. The largest absolute Gasteiger partial charge is 0.490 e. The smallest absolute Gasteiger partial charge is 0.475 e. The highest BCUT2D eigenvalue weighted by Gasteiger charge is 2.44. The maximum absolute atomic E-state index is 12.6. The van der Waals surface area contributed by atoms with Crippen molar-refractivity contribution in [3.63, 3.8) is 0 Å². The molecule has 4 rings (SSSR count). The standard InChI is InChI=1S/C20H22ClN3O.2C2HF3O2/c1-23-14-20(17-12-15(21)5-6-18(17)23)7-10-24(11-8-20)19(25)13-16-4-2-3-9-22-16;2*3-2(4,5)1(6)7/h2-6,9,12H,7-8,10-11,13-14H2,1H3;2*(H,6,7). The summed E-state index contributed by atoms with van der Waals surface area (Å²) < 4.78 is 63.5. The van der Waals surface area contributed by atoms with Crippen LogP contribution in [0.5, 0.6) is 0 Å². The van der Waals surface area contributed by atoms with Crippen LogP contribution in [-0.4, -0.2) is 77.0 Å². The van der Waals surface area contributed by atoms with Crippen LogP contribution >= 0.6 is 11.6 Å². The third-order valence-electron chi connectivity index (χ3n) is 6.10. The molecule has 1 amide bonds. The van der Waals surface area contributed by atoms with Crippen LogP contribution in [0.3, 0.4) is 0 Å². The van der Waals surface area contributed by atoms with Crippen molar-refractivity contribution >= 4 is 35.1 Å². The van der Waals surface area contributed by atoms with Gasteiger partial charge in [-0.3, -0.25) is 9.78 Å². The zero-order chi connectivity index (χ0) is 29.6. The molecule has 39 heavy (non-hydrogen) atoms. The second kappa shape index (κ2) is 12.5. The molecule has 2 N–H and O–H groups in total. The fourth-order valence-corrected chi connectivity index (χ4v) is 4.44. The number of carbonyl (C=O) groups excluding carboxylic acids is 1. The lowest BCUT2D eigenvalue weighted by Gasteiger charge is -2.40. The summed E-state index contributed by atoms with van der Waals surface area (Å²) in [6, 6.07) is 11.9. The molecule has 0 aliphatic carbocycles. The van der Waals surface area contributed by atoms with E-state index in [0.29, 0.717) is 6.42 Å². The Morgan fingerprint density at radius 2 is 1.51 bits per heavy atom. The van der Waals surface area contributed by atoms with E-state index >= 15 is 0 Å². The van der Waals surface area contributed by atoms with E-state index in [1.54, 1.807) is 6.20 Å². The highest BCUT2D eigenvalue weighted by atomic mass is 35.5. The average molecular weight is 584 g/mol. The average Bonchev–Trinajstić information content (AvgIpc) is 3.10. The van der Waals surface area contributed by atoms with Gasteiger partial charge in [0.1, 0.15) is 0 Å². The van der Waals surface area contributed by atoms with Crippen LogP contribution in [0.4, 0.5) is 32.0 Å². The Balaban J connectivity index is 0.000000317. The van der Waals surface area contributed by atoms with Crippen LogP contribution in [0.1, 0.15) is 24.1 Å². The number of hydrogen-bond acceptors (Lipinski definition) is 5. The number of piperidine rings is 1. The number of carboxylic acid groups (broad SMARTS) is 2. The van der Waals surface area contributed by atoms with Crippen LogP contribution < -0.4 is 4.90 Å². The maximum atomic E-state index is 12.6. The second-order valence-corrected chi connectivity index (χ2v) is 9.22. The fraction of sp³-hybridized carbons (Fsp3) is 0.417. The van der Waals surface area contributed by atoms with Crippen molar-refractivity contribution in [2.45, 2.75) is 37.0 Å². The summed E-state index contributed by atoms with van der Waals surface area (Å²) >= 11 is 6.25. The molecule has 2 aromatic rings. The highest BCUT2D eigenvalue weighted by Crippen LogP contribution is 2.47. The molecule has 0 radical (unpaired) electrons. The number of benzene rings is 1. The predicted octanol–water partition coefficient (Wildman–Crippen LogP) is 4.55. The molecule has 0 atom stereocenters. The monoisotopic (exact) mass is 583 g/mol. The summed E-state index contributed by atoms with van der Waals surface area (Å²) in [6.07, 6.45) is -6.07. The molecule has 8 nitrogen and oxygen atoms in total. The molecule has 1 spiro atoms. The van der Waals surface area contributed by atoms with Gasteiger partial charge in [-0.25, -0.2) is 9.59 Å². The molecular weight excluding hydrogens is 560 g/mol. The van der Waals surface area contributed by atoms with Crippen molar-refractivity contribution in [2.75, 3.05) is 31.6 Å². The van der Waals surface area contributed by atoms with E-state index in [-0.39, 0.29) is 11.3 Å². The zero-order valence-corrected chi connectivity index (χ0v) is 21.1. The van der Waals surface area contributed by atoms with Crippen LogP contribution in [-0.2, 0) is 26.2 Å². The second-order valence-electron chi connectivity index (χ2n) is 8.78. The van der Waals surface area contributed by atoms with Gasteiger partial charge >= 0.3 is 24.3 Å². The van der Waals surface area contributed by atoms with Gasteiger partial charge in [0.15, 0.2) is 0 Å². The van der Waals surface area contributed by atoms with Gasteiger partial charge < -0.3 is 20.0 Å². The van der Waals surface area contributed by atoms with Crippen molar-refractivity contribution in [3.05, 3.63) is 58.9 Å². The minimum atomic E-state index is -5.08. The maximum Gasteiger partial charge on any atom is 0.490 e. The van der Waals surface area contributed by atoms with Gasteiger partial charge in [-0.2, -0.15) is 26.3 Å². The van der Waals surface area contributed by atoms with Crippen molar-refractivity contribution < 1.29 is 50.9 Å². The quantitative estimate of drug-likeness (QED) is 0.499. The number of anilines is 1. The Labute approximate surface area is 223 Å². The van der Waals surface area contributed by atoms with Gasteiger partial charge in [0.05, 0.1) is 6.42 Å². The molecule has 2 aliphatic rings. The van der Waals surface area contributed by atoms with E-state index in [4.69, 9.17) is 31.4 Å². The number of rotatable bonds is 2. The summed E-state index contributed by atoms with van der Waals surface area (Å²) in [5.74, 6) is -5.34. The minimum Gasteiger partial charge on any atom is -0.475 e. The lowest BCUT2D eigenvalue weighted by atomic mass is 9.74. The Bertz CT molecular complexity index is 1150. The summed E-state index contributed by atoms with van der Waals surface area (Å²) in [4.78, 5) is 39.0. The summed E-state index contributed by atoms with van der Waals surface area (Å²) in [5.41, 5.74) is 3.58. The van der Waals surface area contributed by atoms with E-state index in [2.05, 4.69) is 29.1 Å². The molecule has 0 saturated carbocycles. The molecule has 2 aliphatic heterocycles. The number of halogens is 7. The van der Waals surface area contributed by atoms with E-state index in [0.717, 1.165) is 43.2 Å². The number of pyridine rings is 1. The third kappa shape index (κ3) is 8.73. The molecular formula is C24H24ClF6N3O5. The lowest BCUT2D eigenvalue weighted by molar-refractivity contribution is -0.193. The van der Waals surface area contributed by atoms with Gasteiger partial charge in [-0.05, 0) is 48.7 Å². The number of likely N-dealkylation sites (tertiary alicyclic amines) is 1. The number of alkyl halides is 6. The normalized spacial score (nSPS) is 15.9. The Morgan fingerprint density at radius 1 is 0.974 bits per heavy atom. The first-order valence-corrected chi connectivity index (χ1v) is 11.6. The van der Waals surface area contributed by atoms with Crippen LogP contribution in [0.2, 0.25) is 5.02 Å². The predicted molar refractivity (Wildman–Crippen MR) is 128 cm³/mol. The highest BCUT2D eigenvalue weighted by molar-refractivity contribution is 6.30. The molecule has 1 fully saturated rings. The summed E-state index contributed by atoms with van der Waals surface area (Å²) in [6.45, 7) is 2.60. The number of amides is 1. The first-order valence-electron chi connectivity index (χ1n) is 11.3. The first kappa shape index (κ1) is 31.7. The molecule has 1 aromatic carbocycles. The number of likely N-dealkylation sites (N-methyl/N-ethyl adjacent to an activating group) is 1. The summed E-state index contributed by atoms with van der Waals surface area (Å²) in [7, 11) is 2.14. The Morgan fingerprint density at radius 3 is 1.97 bits per heavy atom. The molecule has 0 bridgehead atoms. The molecule has 214 valence electrons. The number of aliphatic carboxylic acids is 2. The van der Waals surface area contributed by atoms with Gasteiger partial charge in [-0.1, -0.05) is 17.7 Å². The van der Waals surface area contributed by atoms with Gasteiger partial charge in [0.25, 0.3) is 0 Å². The van der Waals surface area contributed by atoms with Crippen LogP contribution in [0, 0.1) is 0 Å².